The molecule has 1 aromatic rings. The lowest BCUT2D eigenvalue weighted by Crippen LogP contribution is -2.57. The first-order valence-electron chi connectivity index (χ1n) is 12.7. The number of benzene rings is 1. The molecule has 36 heavy (non-hydrogen) atoms. The van der Waals surface area contributed by atoms with Crippen molar-refractivity contribution >= 4 is 22.0 Å². The highest BCUT2D eigenvalue weighted by Gasteiger charge is 2.44. The Morgan fingerprint density at radius 1 is 1.14 bits per heavy atom. The van der Waals surface area contributed by atoms with Crippen molar-refractivity contribution < 1.29 is 22.7 Å². The maximum Gasteiger partial charge on any atom is 0.282 e. The third-order valence-electron chi connectivity index (χ3n) is 7.49. The normalized spacial score (nSPS) is 24.5. The Balaban J connectivity index is 1.41. The monoisotopic (exact) mass is 517 g/mol. The van der Waals surface area contributed by atoms with Crippen molar-refractivity contribution in [3.05, 3.63) is 29.8 Å². The molecule has 3 aliphatic heterocycles. The van der Waals surface area contributed by atoms with Crippen LogP contribution in [0.5, 0.6) is 5.75 Å². The van der Waals surface area contributed by atoms with Crippen molar-refractivity contribution in [1.82, 2.24) is 18.8 Å². The average molecular weight is 518 g/mol. The number of piperidine rings is 1. The summed E-state index contributed by atoms with van der Waals surface area (Å²) in [5.41, 5.74) is 0.893. The van der Waals surface area contributed by atoms with E-state index in [2.05, 4.69) is 11.4 Å². The molecule has 0 aliphatic carbocycles. The summed E-state index contributed by atoms with van der Waals surface area (Å²) < 4.78 is 34.1. The van der Waals surface area contributed by atoms with Gasteiger partial charge < -0.3 is 15.0 Å². The second-order valence-electron chi connectivity index (χ2n) is 9.75. The van der Waals surface area contributed by atoms with Crippen molar-refractivity contribution in [3.63, 3.8) is 0 Å². The third-order valence-corrected chi connectivity index (χ3v) is 9.43. The number of hydrogen-bond acceptors (Lipinski definition) is 6. The molecule has 1 aromatic carbocycles. The third kappa shape index (κ3) is 5.21. The van der Waals surface area contributed by atoms with E-state index in [4.69, 9.17) is 10.00 Å². The number of methoxy groups -OCH3 is 1. The summed E-state index contributed by atoms with van der Waals surface area (Å²) in [6.45, 7) is 3.35. The molecule has 4 rings (SSSR count). The van der Waals surface area contributed by atoms with Crippen molar-refractivity contribution in [2.75, 3.05) is 39.8 Å². The molecule has 196 valence electrons. The Labute approximate surface area is 213 Å². The topological polar surface area (TPSA) is 123 Å². The summed E-state index contributed by atoms with van der Waals surface area (Å²) in [5.74, 6) is -0.394. The molecule has 11 heteroatoms. The predicted octanol–water partition coefficient (Wildman–Crippen LogP) is 1.67. The van der Waals surface area contributed by atoms with Gasteiger partial charge in [-0.25, -0.2) is 0 Å². The lowest BCUT2D eigenvalue weighted by Gasteiger charge is -2.41. The molecule has 1 N–H and O–H groups in total. The van der Waals surface area contributed by atoms with E-state index in [-0.39, 0.29) is 43.4 Å². The largest absolute Gasteiger partial charge is 0.496 e. The van der Waals surface area contributed by atoms with E-state index < -0.39 is 22.2 Å². The van der Waals surface area contributed by atoms with E-state index in [1.807, 2.05) is 31.2 Å². The highest BCUT2D eigenvalue weighted by atomic mass is 32.2. The maximum absolute atomic E-state index is 13.5. The van der Waals surface area contributed by atoms with Crippen LogP contribution in [0.1, 0.15) is 50.6 Å². The molecule has 3 aliphatic rings. The lowest BCUT2D eigenvalue weighted by molar-refractivity contribution is -0.142. The SMILES string of the molecule is CC[C@H](NC(=O)[C@H]1CCCN1C(=O)[C@H]1CCCN(S(=O)(=O)N2CC(C#N)C2)C1)c1ccccc1OC. The van der Waals surface area contributed by atoms with Gasteiger partial charge in [-0.15, -0.1) is 0 Å². The molecule has 3 saturated heterocycles. The summed E-state index contributed by atoms with van der Waals surface area (Å²) in [4.78, 5) is 28.5. The number of nitrogens with one attached hydrogen (secondary N) is 1. The van der Waals surface area contributed by atoms with Crippen LogP contribution < -0.4 is 10.1 Å². The Bertz CT molecular complexity index is 1110. The first-order chi connectivity index (χ1) is 17.3. The maximum atomic E-state index is 13.5. The number of rotatable bonds is 8. The minimum atomic E-state index is -3.69. The molecular weight excluding hydrogens is 482 g/mol. The van der Waals surface area contributed by atoms with Gasteiger partial charge in [0.15, 0.2) is 0 Å². The number of amides is 2. The number of likely N-dealkylation sites (tertiary alicyclic amines) is 1. The number of hydrogen-bond donors (Lipinski definition) is 1. The van der Waals surface area contributed by atoms with Crippen LogP contribution in [0.4, 0.5) is 0 Å². The van der Waals surface area contributed by atoms with Crippen LogP contribution in [-0.2, 0) is 19.8 Å². The number of carbonyl (C=O) groups excluding carboxylic acids is 2. The van der Waals surface area contributed by atoms with Gasteiger partial charge >= 0.3 is 0 Å². The van der Waals surface area contributed by atoms with Gasteiger partial charge in [-0.1, -0.05) is 25.1 Å². The zero-order chi connectivity index (χ0) is 25.9. The first-order valence-corrected chi connectivity index (χ1v) is 14.1. The number of nitriles is 1. The lowest BCUT2D eigenvalue weighted by atomic mass is 9.97. The second-order valence-corrected chi connectivity index (χ2v) is 11.7. The molecule has 0 radical (unpaired) electrons. The van der Waals surface area contributed by atoms with Gasteiger partial charge in [-0.3, -0.25) is 9.59 Å². The number of carbonyl (C=O) groups is 2. The minimum Gasteiger partial charge on any atom is -0.496 e. The minimum absolute atomic E-state index is 0.110. The second kappa shape index (κ2) is 11.2. The van der Waals surface area contributed by atoms with Crippen molar-refractivity contribution in [3.8, 4) is 11.8 Å². The summed E-state index contributed by atoms with van der Waals surface area (Å²) >= 11 is 0. The molecule has 0 aromatic heterocycles. The highest BCUT2D eigenvalue weighted by molar-refractivity contribution is 7.86. The fourth-order valence-electron chi connectivity index (χ4n) is 5.38. The summed E-state index contributed by atoms with van der Waals surface area (Å²) in [6, 6.07) is 8.85. The van der Waals surface area contributed by atoms with Crippen LogP contribution in [0.25, 0.3) is 0 Å². The quantitative estimate of drug-likeness (QED) is 0.560. The van der Waals surface area contributed by atoms with E-state index in [9.17, 15) is 18.0 Å². The molecule has 0 unspecified atom stereocenters. The zero-order valence-electron chi connectivity index (χ0n) is 20.9. The van der Waals surface area contributed by atoms with Crippen LogP contribution in [0.15, 0.2) is 24.3 Å². The van der Waals surface area contributed by atoms with Crippen LogP contribution in [0.2, 0.25) is 0 Å². The average Bonchev–Trinajstić information content (AvgIpc) is 3.36. The fraction of sp³-hybridized carbons (Fsp3) is 0.640. The fourth-order valence-corrected chi connectivity index (χ4v) is 7.18. The van der Waals surface area contributed by atoms with E-state index in [1.54, 1.807) is 12.0 Å². The standard InChI is InChI=1S/C25H35N5O5S/c1-3-21(20-9-4-5-11-23(20)35-2)27-24(31)22-10-7-13-30(22)25(32)19-8-6-12-28(17-19)36(33,34)29-15-18(14-26)16-29/h4-5,9,11,18-19,21-22H,3,6-8,10,12-13,15-17H2,1-2H3,(H,27,31)/t19-,21-,22+/m0/s1. The van der Waals surface area contributed by atoms with E-state index in [0.29, 0.717) is 44.5 Å². The van der Waals surface area contributed by atoms with Gasteiger partial charge in [0.25, 0.3) is 10.2 Å². The van der Waals surface area contributed by atoms with Gasteiger partial charge in [0, 0.05) is 38.3 Å². The van der Waals surface area contributed by atoms with Crippen LogP contribution in [-0.4, -0.2) is 79.6 Å². The predicted molar refractivity (Wildman–Crippen MR) is 133 cm³/mol. The number of ether oxygens (including phenoxy) is 1. The first kappa shape index (κ1) is 26.4. The molecule has 0 spiro atoms. The highest BCUT2D eigenvalue weighted by Crippen LogP contribution is 2.31. The summed E-state index contributed by atoms with van der Waals surface area (Å²) in [6.07, 6.45) is 3.16. The van der Waals surface area contributed by atoms with Crippen LogP contribution in [0, 0.1) is 23.2 Å². The molecule has 2 amide bonds. The van der Waals surface area contributed by atoms with Gasteiger partial charge in [0.05, 0.1) is 31.1 Å². The molecule has 0 saturated carbocycles. The molecule has 10 nitrogen and oxygen atoms in total. The van der Waals surface area contributed by atoms with Crippen LogP contribution in [0.3, 0.4) is 0 Å². The Morgan fingerprint density at radius 2 is 1.86 bits per heavy atom. The molecular formula is C25H35N5O5S. The zero-order valence-corrected chi connectivity index (χ0v) is 21.7. The van der Waals surface area contributed by atoms with Gasteiger partial charge in [-0.05, 0) is 38.2 Å². The van der Waals surface area contributed by atoms with E-state index >= 15 is 0 Å². The van der Waals surface area contributed by atoms with E-state index in [0.717, 1.165) is 12.0 Å². The van der Waals surface area contributed by atoms with Gasteiger partial charge in [0.2, 0.25) is 11.8 Å². The molecule has 0 bridgehead atoms. The molecule has 3 fully saturated rings. The Morgan fingerprint density at radius 3 is 2.56 bits per heavy atom. The molecule has 3 atom stereocenters. The van der Waals surface area contributed by atoms with E-state index in [1.165, 1.54) is 8.61 Å². The van der Waals surface area contributed by atoms with Crippen LogP contribution >= 0.6 is 0 Å². The Kier molecular flexibility index (Phi) is 8.17. The van der Waals surface area contributed by atoms with Crippen molar-refractivity contribution in [1.29, 1.82) is 5.26 Å². The van der Waals surface area contributed by atoms with Crippen molar-refractivity contribution in [2.45, 2.75) is 51.1 Å². The van der Waals surface area contributed by atoms with Gasteiger partial charge in [0.1, 0.15) is 11.8 Å². The van der Waals surface area contributed by atoms with Gasteiger partial charge in [-0.2, -0.15) is 22.3 Å². The molecule has 3 heterocycles. The van der Waals surface area contributed by atoms with Crippen molar-refractivity contribution in [2.24, 2.45) is 11.8 Å². The smallest absolute Gasteiger partial charge is 0.282 e. The summed E-state index contributed by atoms with van der Waals surface area (Å²) in [5, 5.41) is 12.1. The Hall–Kier alpha value is -2.68. The summed E-state index contributed by atoms with van der Waals surface area (Å²) in [7, 11) is -2.09. The number of para-hydroxylation sites is 1. The number of nitrogens with zero attached hydrogens (tertiary/aromatic N) is 4.